The molecule has 3 rings (SSSR count). The van der Waals surface area contributed by atoms with Crippen molar-refractivity contribution < 1.29 is 17.6 Å². The Morgan fingerprint density at radius 1 is 1.21 bits per heavy atom. The summed E-state index contributed by atoms with van der Waals surface area (Å²) < 4.78 is 36.5. The normalized spacial score (nSPS) is 11.6. The molecule has 0 saturated carbocycles. The summed E-state index contributed by atoms with van der Waals surface area (Å²) in [6.07, 6.45) is 2.78. The summed E-state index contributed by atoms with van der Waals surface area (Å²) in [7, 11) is -3.33. The van der Waals surface area contributed by atoms with Crippen molar-refractivity contribution in [3.8, 4) is 0 Å². The quantitative estimate of drug-likeness (QED) is 0.762. The largest absolute Gasteiger partial charge is 0.361 e. The minimum atomic E-state index is -3.33. The molecule has 0 bridgehead atoms. The highest BCUT2D eigenvalue weighted by atomic mass is 32.2. The van der Waals surface area contributed by atoms with Crippen LogP contribution in [0.4, 0.5) is 10.1 Å². The van der Waals surface area contributed by atoms with Crippen LogP contribution in [0.2, 0.25) is 0 Å². The summed E-state index contributed by atoms with van der Waals surface area (Å²) in [5.74, 6) is -1.43. The third-order valence-corrected chi connectivity index (χ3v) is 4.40. The monoisotopic (exact) mass is 346 g/mol. The van der Waals surface area contributed by atoms with E-state index >= 15 is 0 Å². The zero-order valence-corrected chi connectivity index (χ0v) is 13.7. The Labute approximate surface area is 138 Å². The van der Waals surface area contributed by atoms with E-state index in [1.165, 1.54) is 12.1 Å². The molecule has 5 nitrogen and oxygen atoms in total. The number of sulfone groups is 1. The predicted octanol–water partition coefficient (Wildman–Crippen LogP) is 3.10. The maximum Gasteiger partial charge on any atom is 0.257 e. The number of anilines is 1. The molecule has 0 saturated heterocycles. The lowest BCUT2D eigenvalue weighted by Gasteiger charge is -2.08. The highest BCUT2D eigenvalue weighted by molar-refractivity contribution is 7.89. The highest BCUT2D eigenvalue weighted by Crippen LogP contribution is 2.20. The van der Waals surface area contributed by atoms with Crippen LogP contribution < -0.4 is 5.32 Å². The second-order valence-electron chi connectivity index (χ2n) is 5.58. The zero-order chi connectivity index (χ0) is 17.3. The van der Waals surface area contributed by atoms with Gasteiger partial charge in [0.25, 0.3) is 5.91 Å². The van der Waals surface area contributed by atoms with E-state index in [9.17, 15) is 17.6 Å². The van der Waals surface area contributed by atoms with Crippen LogP contribution in [0.1, 0.15) is 15.9 Å². The summed E-state index contributed by atoms with van der Waals surface area (Å²) in [5.41, 5.74) is 1.47. The van der Waals surface area contributed by atoms with Gasteiger partial charge in [0.1, 0.15) is 5.82 Å². The third-order valence-electron chi connectivity index (χ3n) is 3.56. The zero-order valence-electron chi connectivity index (χ0n) is 12.8. The molecule has 0 fully saturated rings. The second kappa shape index (κ2) is 6.09. The molecule has 3 aromatic rings. The van der Waals surface area contributed by atoms with Gasteiger partial charge in [0, 0.05) is 29.1 Å². The fourth-order valence-corrected chi connectivity index (χ4v) is 3.30. The molecule has 0 radical (unpaired) electrons. The number of fused-ring (bicyclic) bond motifs is 1. The molecule has 1 aromatic heterocycles. The number of aromatic amines is 1. The molecule has 7 heteroatoms. The van der Waals surface area contributed by atoms with Crippen molar-refractivity contribution in [2.24, 2.45) is 0 Å². The molecule has 0 unspecified atom stereocenters. The van der Waals surface area contributed by atoms with Crippen LogP contribution in [-0.4, -0.2) is 25.6 Å². The molecule has 2 N–H and O–H groups in total. The van der Waals surface area contributed by atoms with Crippen LogP contribution in [0, 0.1) is 5.82 Å². The van der Waals surface area contributed by atoms with E-state index in [-0.39, 0.29) is 22.9 Å². The van der Waals surface area contributed by atoms with Crippen LogP contribution in [0.5, 0.6) is 0 Å². The van der Waals surface area contributed by atoms with Crippen LogP contribution in [0.3, 0.4) is 0 Å². The average molecular weight is 346 g/mol. The fourth-order valence-electron chi connectivity index (χ4n) is 2.50. The molecular formula is C17H15FN2O3S. The molecule has 1 amide bonds. The Morgan fingerprint density at radius 2 is 2.00 bits per heavy atom. The topological polar surface area (TPSA) is 79.0 Å². The number of para-hydroxylation sites is 1. The van der Waals surface area contributed by atoms with Crippen molar-refractivity contribution in [2.45, 2.75) is 5.75 Å². The second-order valence-corrected chi connectivity index (χ2v) is 7.72. The van der Waals surface area contributed by atoms with E-state index in [4.69, 9.17) is 0 Å². The van der Waals surface area contributed by atoms with Gasteiger partial charge in [0.15, 0.2) is 9.84 Å². The Kier molecular flexibility index (Phi) is 4.11. The average Bonchev–Trinajstić information content (AvgIpc) is 2.97. The summed E-state index contributed by atoms with van der Waals surface area (Å²) in [6.45, 7) is 0. The Balaban J connectivity index is 1.85. The van der Waals surface area contributed by atoms with Gasteiger partial charge >= 0.3 is 0 Å². The molecule has 0 aliphatic heterocycles. The number of H-pyrrole nitrogens is 1. The number of carbonyl (C=O) groups excluding carboxylic acids is 1. The molecule has 0 atom stereocenters. The number of rotatable bonds is 4. The number of hydrogen-bond donors (Lipinski definition) is 2. The van der Waals surface area contributed by atoms with Gasteiger partial charge in [0.2, 0.25) is 0 Å². The summed E-state index contributed by atoms with van der Waals surface area (Å²) in [5, 5.41) is 3.52. The van der Waals surface area contributed by atoms with Crippen LogP contribution in [-0.2, 0) is 15.6 Å². The van der Waals surface area contributed by atoms with E-state index in [0.717, 1.165) is 17.7 Å². The van der Waals surface area contributed by atoms with Crippen molar-refractivity contribution in [1.29, 1.82) is 0 Å². The predicted molar refractivity (Wildman–Crippen MR) is 91.2 cm³/mol. The number of benzene rings is 2. The molecule has 2 aromatic carbocycles. The fraction of sp³-hybridized carbons (Fsp3) is 0.118. The first-order valence-electron chi connectivity index (χ1n) is 7.17. The van der Waals surface area contributed by atoms with Gasteiger partial charge in [-0.15, -0.1) is 0 Å². The number of nitrogens with one attached hydrogen (secondary N) is 2. The van der Waals surface area contributed by atoms with Crippen LogP contribution >= 0.6 is 0 Å². The molecule has 0 aliphatic carbocycles. The smallest absolute Gasteiger partial charge is 0.257 e. The lowest BCUT2D eigenvalue weighted by molar-refractivity contribution is 0.102. The molecule has 0 spiro atoms. The lowest BCUT2D eigenvalue weighted by atomic mass is 10.1. The molecule has 24 heavy (non-hydrogen) atoms. The van der Waals surface area contributed by atoms with Crippen molar-refractivity contribution in [3.05, 3.63) is 65.6 Å². The SMILES string of the molecule is CS(=O)(=O)Cc1ccc(NC(=O)c2cccc3cc[nH]c23)cc1F. The first-order valence-corrected chi connectivity index (χ1v) is 9.23. The maximum atomic E-state index is 14.0. The lowest BCUT2D eigenvalue weighted by Crippen LogP contribution is -2.13. The number of hydrogen-bond acceptors (Lipinski definition) is 3. The van der Waals surface area contributed by atoms with E-state index in [0.29, 0.717) is 11.1 Å². The standard InChI is InChI=1S/C17H15FN2O3S/c1-24(22,23)10-12-5-6-13(9-15(12)18)20-17(21)14-4-2-3-11-7-8-19-16(11)14/h2-9,19H,10H2,1H3,(H,20,21). The minimum Gasteiger partial charge on any atom is -0.361 e. The van der Waals surface area contributed by atoms with Gasteiger partial charge in [-0.3, -0.25) is 4.79 Å². The van der Waals surface area contributed by atoms with Gasteiger partial charge in [-0.25, -0.2) is 12.8 Å². The van der Waals surface area contributed by atoms with Gasteiger partial charge in [-0.2, -0.15) is 0 Å². The van der Waals surface area contributed by atoms with E-state index in [1.54, 1.807) is 18.3 Å². The summed E-state index contributed by atoms with van der Waals surface area (Å²) in [6, 6.07) is 11.1. The Bertz CT molecular complexity index is 1030. The van der Waals surface area contributed by atoms with Crippen molar-refractivity contribution in [1.82, 2.24) is 4.98 Å². The third kappa shape index (κ3) is 3.46. The number of amides is 1. The molecule has 1 heterocycles. The Hall–Kier alpha value is -2.67. The molecule has 0 aliphatic rings. The Morgan fingerprint density at radius 3 is 2.71 bits per heavy atom. The minimum absolute atomic E-state index is 0.0713. The molecular weight excluding hydrogens is 331 g/mol. The van der Waals surface area contributed by atoms with Crippen LogP contribution in [0.25, 0.3) is 10.9 Å². The van der Waals surface area contributed by atoms with Crippen LogP contribution in [0.15, 0.2) is 48.7 Å². The van der Waals surface area contributed by atoms with E-state index < -0.39 is 15.7 Å². The van der Waals surface area contributed by atoms with Gasteiger partial charge in [-0.1, -0.05) is 18.2 Å². The van der Waals surface area contributed by atoms with Crippen molar-refractivity contribution in [3.63, 3.8) is 0 Å². The van der Waals surface area contributed by atoms with Gasteiger partial charge in [-0.05, 0) is 24.3 Å². The van der Waals surface area contributed by atoms with Gasteiger partial charge in [0.05, 0.1) is 16.8 Å². The van der Waals surface area contributed by atoms with Crippen molar-refractivity contribution in [2.75, 3.05) is 11.6 Å². The first kappa shape index (κ1) is 16.2. The first-order chi connectivity index (χ1) is 11.3. The summed E-state index contributed by atoms with van der Waals surface area (Å²) >= 11 is 0. The number of aromatic nitrogens is 1. The van der Waals surface area contributed by atoms with Gasteiger partial charge < -0.3 is 10.3 Å². The van der Waals surface area contributed by atoms with E-state index in [2.05, 4.69) is 10.3 Å². The number of carbonyl (C=O) groups is 1. The number of halogens is 1. The van der Waals surface area contributed by atoms with Crippen molar-refractivity contribution >= 4 is 32.3 Å². The highest BCUT2D eigenvalue weighted by Gasteiger charge is 2.14. The summed E-state index contributed by atoms with van der Waals surface area (Å²) in [4.78, 5) is 15.4. The van der Waals surface area contributed by atoms with E-state index in [1.807, 2.05) is 12.1 Å². The molecule has 124 valence electrons. The maximum absolute atomic E-state index is 14.0.